The van der Waals surface area contributed by atoms with Crippen molar-refractivity contribution < 1.29 is 29.0 Å². The van der Waals surface area contributed by atoms with Crippen molar-refractivity contribution in [2.75, 3.05) is 0 Å². The van der Waals surface area contributed by atoms with Gasteiger partial charge in [-0.3, -0.25) is 0 Å². The summed E-state index contributed by atoms with van der Waals surface area (Å²) in [5.74, 6) is -1.88. The molecule has 0 spiro atoms. The molecule has 0 aliphatic heterocycles. The zero-order valence-corrected chi connectivity index (χ0v) is 24.4. The number of nitrogens with zero attached hydrogens (tertiary/aromatic N) is 1. The number of carbonyl (C=O) groups is 2. The molecule has 0 fully saturated rings. The third-order valence-electron chi connectivity index (χ3n) is 7.02. The lowest BCUT2D eigenvalue weighted by Gasteiger charge is -2.33. The molecule has 0 aliphatic carbocycles. The fourth-order valence-corrected chi connectivity index (χ4v) is 6.44. The number of hydrogen-bond donors (Lipinski definition) is 2. The van der Waals surface area contributed by atoms with Gasteiger partial charge in [0.2, 0.25) is 0 Å². The summed E-state index contributed by atoms with van der Waals surface area (Å²) >= 11 is 0. The first-order valence-corrected chi connectivity index (χ1v) is 16.1. The lowest BCUT2D eigenvalue weighted by molar-refractivity contribution is 0.0655. The van der Waals surface area contributed by atoms with E-state index >= 15 is 0 Å². The molecule has 0 aliphatic rings. The van der Waals surface area contributed by atoms with Crippen LogP contribution in [-0.2, 0) is 11.0 Å². The summed E-state index contributed by atoms with van der Waals surface area (Å²) < 4.78 is 14.2. The van der Waals surface area contributed by atoms with Crippen molar-refractivity contribution in [3.05, 3.63) is 95.1 Å². The van der Waals surface area contributed by atoms with Crippen LogP contribution in [-0.4, -0.2) is 35.6 Å². The lowest BCUT2D eigenvalue weighted by atomic mass is 9.84. The minimum Gasteiger partial charge on any atom is -0.489 e. The van der Waals surface area contributed by atoms with Crippen LogP contribution in [0.25, 0.3) is 27.7 Å². The molecule has 7 nitrogen and oxygen atoms in total. The van der Waals surface area contributed by atoms with Crippen LogP contribution in [0.2, 0.25) is 13.1 Å². The molecule has 0 saturated heterocycles. The Hall–Kier alpha value is -4.14. The Bertz CT molecular complexity index is 1680. The third-order valence-corrected chi connectivity index (χ3v) is 7.84. The van der Waals surface area contributed by atoms with Gasteiger partial charge in [-0.2, -0.15) is 0 Å². The van der Waals surface area contributed by atoms with Crippen LogP contribution in [0.4, 0.5) is 0 Å². The van der Waals surface area contributed by atoms with Gasteiger partial charge in [0.25, 0.3) is 0 Å². The van der Waals surface area contributed by atoms with E-state index in [4.69, 9.17) is 9.16 Å². The molecule has 0 amide bonds. The molecule has 3 heterocycles. The largest absolute Gasteiger partial charge is 0.489 e. The van der Waals surface area contributed by atoms with Crippen LogP contribution >= 0.6 is 0 Å². The number of carboxylic acids is 2. The third kappa shape index (κ3) is 4.96. The fraction of sp³-hybridized carbons (Fsp3) is 0.250. The molecule has 5 aromatic rings. The van der Waals surface area contributed by atoms with Gasteiger partial charge >= 0.3 is 11.9 Å². The van der Waals surface area contributed by atoms with E-state index in [0.717, 1.165) is 22.2 Å². The summed E-state index contributed by atoms with van der Waals surface area (Å²) in [5, 5.41) is 20.3. The SMILES string of the molecule is C[SiH](C)OC(c1ccc2c(C(=O)O)c(C(=O)O)c3c(-c4ccc(OCc5ccccc5)cc4)cc1n23)C(C)(C)C. The molecule has 3 aromatic heterocycles. The number of hydrogen-bond acceptors (Lipinski definition) is 4. The van der Waals surface area contributed by atoms with E-state index in [0.29, 0.717) is 29.0 Å². The van der Waals surface area contributed by atoms with Gasteiger partial charge in [-0.15, -0.1) is 0 Å². The molecule has 40 heavy (non-hydrogen) atoms. The molecule has 2 aromatic carbocycles. The van der Waals surface area contributed by atoms with E-state index in [2.05, 4.69) is 33.9 Å². The molecule has 0 bridgehead atoms. The number of carboxylic acid groups (broad SMARTS) is 2. The summed E-state index contributed by atoms with van der Waals surface area (Å²) in [6.07, 6.45) is -0.250. The Morgan fingerprint density at radius 1 is 0.875 bits per heavy atom. The first kappa shape index (κ1) is 27.4. The van der Waals surface area contributed by atoms with Crippen molar-refractivity contribution in [2.24, 2.45) is 5.41 Å². The first-order valence-electron chi connectivity index (χ1n) is 13.3. The summed E-state index contributed by atoms with van der Waals surface area (Å²) in [7, 11) is -1.45. The van der Waals surface area contributed by atoms with Crippen molar-refractivity contribution >= 4 is 37.5 Å². The van der Waals surface area contributed by atoms with Crippen molar-refractivity contribution in [3.8, 4) is 16.9 Å². The second kappa shape index (κ2) is 10.4. The number of pyridine rings is 1. The highest BCUT2D eigenvalue weighted by Gasteiger charge is 2.34. The van der Waals surface area contributed by atoms with Gasteiger partial charge in [0, 0.05) is 11.1 Å². The van der Waals surface area contributed by atoms with E-state index in [-0.39, 0.29) is 22.6 Å². The molecular weight excluding hydrogens is 522 g/mol. The molecule has 2 N–H and O–H groups in total. The molecule has 0 saturated carbocycles. The van der Waals surface area contributed by atoms with Crippen molar-refractivity contribution in [1.29, 1.82) is 0 Å². The van der Waals surface area contributed by atoms with Crippen molar-refractivity contribution in [1.82, 2.24) is 4.40 Å². The van der Waals surface area contributed by atoms with E-state index in [1.54, 1.807) is 10.5 Å². The Labute approximate surface area is 234 Å². The zero-order valence-electron chi connectivity index (χ0n) is 23.3. The highest BCUT2D eigenvalue weighted by Crippen LogP contribution is 2.44. The predicted octanol–water partition coefficient (Wildman–Crippen LogP) is 7.26. The summed E-state index contributed by atoms with van der Waals surface area (Å²) in [5.41, 5.74) is 4.16. The monoisotopic (exact) mass is 555 g/mol. The van der Waals surface area contributed by atoms with Crippen LogP contribution in [0.5, 0.6) is 5.75 Å². The van der Waals surface area contributed by atoms with Gasteiger partial charge in [-0.1, -0.05) is 69.3 Å². The van der Waals surface area contributed by atoms with Crippen LogP contribution in [0, 0.1) is 5.41 Å². The standard InChI is InChI=1S/C32H33NO6Si/c1-32(2,3)29(39-40(4)5)22-15-16-24-26(30(34)35)27(31(36)37)28-23(17-25(22)33(24)28)20-11-13-21(14-12-20)38-18-19-9-7-6-8-10-19/h6-17,29,40H,18H2,1-5H3,(H,34,35)(H,36,37). The van der Waals surface area contributed by atoms with Crippen LogP contribution < -0.4 is 4.74 Å². The van der Waals surface area contributed by atoms with Crippen molar-refractivity contribution in [2.45, 2.75) is 46.6 Å². The van der Waals surface area contributed by atoms with Crippen molar-refractivity contribution in [3.63, 3.8) is 0 Å². The molecule has 8 heteroatoms. The Kier molecular flexibility index (Phi) is 7.16. The predicted molar refractivity (Wildman–Crippen MR) is 158 cm³/mol. The number of rotatable bonds is 9. The van der Waals surface area contributed by atoms with E-state index in [1.807, 2.05) is 66.7 Å². The Morgan fingerprint density at radius 3 is 2.10 bits per heavy atom. The zero-order chi connectivity index (χ0) is 28.8. The summed E-state index contributed by atoms with van der Waals surface area (Å²) in [4.78, 5) is 24.9. The van der Waals surface area contributed by atoms with Gasteiger partial charge in [-0.25, -0.2) is 9.59 Å². The van der Waals surface area contributed by atoms with Crippen LogP contribution in [0.15, 0.2) is 72.8 Å². The molecule has 0 radical (unpaired) electrons. The smallest absolute Gasteiger partial charge is 0.338 e. The quantitative estimate of drug-likeness (QED) is 0.186. The average molecular weight is 556 g/mol. The maximum Gasteiger partial charge on any atom is 0.338 e. The molecule has 5 rings (SSSR count). The Morgan fingerprint density at radius 2 is 1.52 bits per heavy atom. The van der Waals surface area contributed by atoms with Gasteiger partial charge < -0.3 is 23.8 Å². The van der Waals surface area contributed by atoms with Gasteiger partial charge in [0.05, 0.1) is 22.7 Å². The van der Waals surface area contributed by atoms with Gasteiger partial charge in [-0.05, 0) is 53.9 Å². The summed E-state index contributed by atoms with van der Waals surface area (Å²) in [6.45, 7) is 11.0. The topological polar surface area (TPSA) is 97.5 Å². The average Bonchev–Trinajstić information content (AvgIpc) is 3.46. The fourth-order valence-electron chi connectivity index (χ4n) is 5.34. The van der Waals surface area contributed by atoms with Gasteiger partial charge in [0.1, 0.15) is 23.5 Å². The normalized spacial score (nSPS) is 12.8. The maximum atomic E-state index is 12.5. The van der Waals surface area contributed by atoms with Crippen LogP contribution in [0.3, 0.4) is 0 Å². The maximum absolute atomic E-state index is 12.5. The van der Waals surface area contributed by atoms with E-state index < -0.39 is 21.0 Å². The lowest BCUT2D eigenvalue weighted by Crippen LogP contribution is -2.26. The van der Waals surface area contributed by atoms with Gasteiger partial charge in [0.15, 0.2) is 9.04 Å². The molecule has 1 atom stereocenters. The Balaban J connectivity index is 1.69. The number of aromatic nitrogens is 1. The first-order chi connectivity index (χ1) is 19.0. The number of benzene rings is 2. The van der Waals surface area contributed by atoms with E-state index in [9.17, 15) is 19.8 Å². The second-order valence-electron chi connectivity index (χ2n) is 11.4. The summed E-state index contributed by atoms with van der Waals surface area (Å²) in [6, 6.07) is 22.9. The number of aromatic carboxylic acids is 2. The molecular formula is C32H33NO6Si. The minimum absolute atomic E-state index is 0.213. The highest BCUT2D eigenvalue weighted by atomic mass is 28.3. The number of ether oxygens (including phenoxy) is 1. The second-order valence-corrected chi connectivity index (χ2v) is 13.8. The van der Waals surface area contributed by atoms with Crippen LogP contribution in [0.1, 0.15) is 58.7 Å². The molecule has 1 unspecified atom stereocenters. The highest BCUT2D eigenvalue weighted by molar-refractivity contribution is 6.48. The van der Waals surface area contributed by atoms with E-state index in [1.165, 1.54) is 0 Å². The molecule has 206 valence electrons. The minimum atomic E-state index is -1.45.